The molecule has 1 aliphatic heterocycles. The second kappa shape index (κ2) is 10.2. The number of rotatable bonds is 7. The molecule has 1 saturated heterocycles. The molecular weight excluding hydrogens is 390 g/mol. The van der Waals surface area contributed by atoms with Crippen molar-refractivity contribution in [1.29, 1.82) is 0 Å². The number of nitrogens with zero attached hydrogens (tertiary/aromatic N) is 1. The van der Waals surface area contributed by atoms with E-state index < -0.39 is 12.2 Å². The van der Waals surface area contributed by atoms with Crippen LogP contribution in [0.2, 0.25) is 0 Å². The Morgan fingerprint density at radius 2 is 1.84 bits per heavy atom. The lowest BCUT2D eigenvalue weighted by Gasteiger charge is -2.25. The van der Waals surface area contributed by atoms with Crippen molar-refractivity contribution in [3.8, 4) is 11.1 Å². The summed E-state index contributed by atoms with van der Waals surface area (Å²) in [6.07, 6.45) is 3.22. The van der Waals surface area contributed by atoms with Crippen LogP contribution in [0.5, 0.6) is 0 Å². The van der Waals surface area contributed by atoms with Gasteiger partial charge in [0.25, 0.3) is 0 Å². The lowest BCUT2D eigenvalue weighted by atomic mass is 9.87. The maximum absolute atomic E-state index is 11.8. The average Bonchev–Trinajstić information content (AvgIpc) is 2.71. The zero-order valence-corrected chi connectivity index (χ0v) is 19.1. The first kappa shape index (κ1) is 23.2. The number of cyclic esters (lactones) is 1. The Morgan fingerprint density at radius 3 is 2.42 bits per heavy atom. The highest BCUT2D eigenvalue weighted by Crippen LogP contribution is 2.38. The molecule has 5 nitrogen and oxygen atoms in total. The van der Waals surface area contributed by atoms with Crippen LogP contribution in [0.1, 0.15) is 74.9 Å². The largest absolute Gasteiger partial charge is 0.458 e. The predicted octanol–water partition coefficient (Wildman–Crippen LogP) is 5.22. The third kappa shape index (κ3) is 5.41. The van der Waals surface area contributed by atoms with E-state index in [2.05, 4.69) is 39.8 Å². The Kier molecular flexibility index (Phi) is 7.63. The second-order valence-corrected chi connectivity index (χ2v) is 8.74. The van der Waals surface area contributed by atoms with E-state index in [-0.39, 0.29) is 24.2 Å². The van der Waals surface area contributed by atoms with Crippen LogP contribution in [0.25, 0.3) is 17.2 Å². The Hall–Kier alpha value is -2.50. The summed E-state index contributed by atoms with van der Waals surface area (Å²) in [6.45, 7) is 9.04. The molecule has 0 amide bonds. The summed E-state index contributed by atoms with van der Waals surface area (Å²) in [4.78, 5) is 16.9. The molecule has 5 heteroatoms. The van der Waals surface area contributed by atoms with Gasteiger partial charge >= 0.3 is 5.97 Å². The average molecular weight is 424 g/mol. The van der Waals surface area contributed by atoms with Crippen LogP contribution in [-0.4, -0.2) is 35.4 Å². The first-order valence-electron chi connectivity index (χ1n) is 11.0. The van der Waals surface area contributed by atoms with E-state index in [1.54, 1.807) is 7.11 Å². The molecule has 3 rings (SSSR count). The Bertz CT molecular complexity index is 934. The molecule has 0 saturated carbocycles. The molecular formula is C26H33NO4. The fourth-order valence-corrected chi connectivity index (χ4v) is 4.12. The van der Waals surface area contributed by atoms with Gasteiger partial charge < -0.3 is 14.6 Å². The minimum absolute atomic E-state index is 0.0550. The van der Waals surface area contributed by atoms with Crippen LogP contribution in [0, 0.1) is 0 Å². The van der Waals surface area contributed by atoms with E-state index in [4.69, 9.17) is 14.5 Å². The maximum atomic E-state index is 11.8. The number of aliphatic hydroxyl groups is 1. The Labute approximate surface area is 185 Å². The van der Waals surface area contributed by atoms with E-state index in [1.807, 2.05) is 30.4 Å². The molecule has 0 bridgehead atoms. The lowest BCUT2D eigenvalue weighted by Crippen LogP contribution is -2.31. The normalized spacial score (nSPS) is 19.4. The molecule has 0 radical (unpaired) electrons. The van der Waals surface area contributed by atoms with Crippen molar-refractivity contribution in [1.82, 2.24) is 4.98 Å². The molecule has 2 aromatic rings. The number of esters is 1. The topological polar surface area (TPSA) is 68.7 Å². The first-order valence-corrected chi connectivity index (χ1v) is 11.0. The van der Waals surface area contributed by atoms with Crippen molar-refractivity contribution in [2.45, 2.75) is 71.2 Å². The fourth-order valence-electron chi connectivity index (χ4n) is 4.12. The molecule has 2 heterocycles. The van der Waals surface area contributed by atoms with Crippen molar-refractivity contribution in [2.24, 2.45) is 0 Å². The summed E-state index contributed by atoms with van der Waals surface area (Å²) in [7, 11) is 1.70. The number of aromatic nitrogens is 1. The second-order valence-electron chi connectivity index (χ2n) is 8.74. The van der Waals surface area contributed by atoms with Gasteiger partial charge in [0.15, 0.2) is 0 Å². The highest BCUT2D eigenvalue weighted by Gasteiger charge is 2.26. The maximum Gasteiger partial charge on any atom is 0.309 e. The van der Waals surface area contributed by atoms with Crippen molar-refractivity contribution < 1.29 is 19.4 Å². The van der Waals surface area contributed by atoms with E-state index in [0.717, 1.165) is 33.6 Å². The van der Waals surface area contributed by atoms with Gasteiger partial charge in [-0.2, -0.15) is 0 Å². The quantitative estimate of drug-likeness (QED) is 0.618. The number of carbonyl (C=O) groups excluding carboxylic acids is 1. The number of pyridine rings is 1. The van der Waals surface area contributed by atoms with Gasteiger partial charge in [0.2, 0.25) is 0 Å². The molecule has 31 heavy (non-hydrogen) atoms. The number of benzene rings is 1. The molecule has 1 fully saturated rings. The van der Waals surface area contributed by atoms with Gasteiger partial charge in [-0.25, -0.2) is 0 Å². The van der Waals surface area contributed by atoms with Crippen LogP contribution < -0.4 is 0 Å². The van der Waals surface area contributed by atoms with Gasteiger partial charge in [0, 0.05) is 30.4 Å². The number of methoxy groups -OCH3 is 1. The molecule has 1 aliphatic rings. The number of carbonyl (C=O) groups is 1. The number of hydrogen-bond donors (Lipinski definition) is 1. The number of hydrogen-bond acceptors (Lipinski definition) is 5. The smallest absolute Gasteiger partial charge is 0.309 e. The summed E-state index contributed by atoms with van der Waals surface area (Å²) >= 11 is 0. The van der Waals surface area contributed by atoms with E-state index >= 15 is 0 Å². The molecule has 1 aromatic carbocycles. The SMILES string of the molecule is COCc1c(C(C)C)nc(C(C)C)c(/C=C/C2CC(O)CC(=O)O2)c1-c1ccccc1. The standard InChI is InChI=1S/C26H33NO4/c1-16(2)25-21(12-11-20-13-19(28)14-23(29)31-20)24(18-9-7-6-8-10-18)22(15-30-5)26(27-25)17(3)4/h6-12,16-17,19-20,28H,13-15H2,1-5H3/b12-11+. The highest BCUT2D eigenvalue weighted by molar-refractivity contribution is 5.80. The van der Waals surface area contributed by atoms with Crippen molar-refractivity contribution in [2.75, 3.05) is 7.11 Å². The third-order valence-corrected chi connectivity index (χ3v) is 5.51. The lowest BCUT2D eigenvalue weighted by molar-refractivity contribution is -0.156. The van der Waals surface area contributed by atoms with Gasteiger partial charge in [-0.15, -0.1) is 0 Å². The zero-order chi connectivity index (χ0) is 22.5. The minimum Gasteiger partial charge on any atom is -0.458 e. The van der Waals surface area contributed by atoms with Gasteiger partial charge in [-0.05, 0) is 29.0 Å². The van der Waals surface area contributed by atoms with Gasteiger partial charge in [0.05, 0.1) is 24.8 Å². The van der Waals surface area contributed by atoms with Crippen molar-refractivity contribution >= 4 is 12.0 Å². The van der Waals surface area contributed by atoms with E-state index in [9.17, 15) is 9.90 Å². The fraction of sp³-hybridized carbons (Fsp3) is 0.462. The highest BCUT2D eigenvalue weighted by atomic mass is 16.5. The summed E-state index contributed by atoms with van der Waals surface area (Å²) in [5.74, 6) is 0.0856. The van der Waals surface area contributed by atoms with Crippen LogP contribution in [0.3, 0.4) is 0 Å². The van der Waals surface area contributed by atoms with Gasteiger partial charge in [-0.1, -0.05) is 64.1 Å². The third-order valence-electron chi connectivity index (χ3n) is 5.51. The van der Waals surface area contributed by atoms with E-state index in [1.165, 1.54) is 0 Å². The molecule has 2 atom stereocenters. The Morgan fingerprint density at radius 1 is 1.16 bits per heavy atom. The zero-order valence-electron chi connectivity index (χ0n) is 19.1. The first-order chi connectivity index (χ1) is 14.8. The molecule has 0 spiro atoms. The summed E-state index contributed by atoms with van der Waals surface area (Å²) in [5.41, 5.74) is 6.33. The van der Waals surface area contributed by atoms with Crippen LogP contribution in [0.4, 0.5) is 0 Å². The Balaban J connectivity index is 2.23. The summed E-state index contributed by atoms with van der Waals surface area (Å²) in [5, 5.41) is 9.97. The molecule has 1 aromatic heterocycles. The minimum atomic E-state index is -0.667. The van der Waals surface area contributed by atoms with Crippen molar-refractivity contribution in [3.05, 3.63) is 58.9 Å². The summed E-state index contributed by atoms with van der Waals surface area (Å²) < 4.78 is 11.0. The van der Waals surface area contributed by atoms with Crippen LogP contribution >= 0.6 is 0 Å². The van der Waals surface area contributed by atoms with Gasteiger partial charge in [0.1, 0.15) is 6.10 Å². The predicted molar refractivity (Wildman–Crippen MR) is 123 cm³/mol. The van der Waals surface area contributed by atoms with Gasteiger partial charge in [-0.3, -0.25) is 9.78 Å². The molecule has 166 valence electrons. The number of aliphatic hydroxyl groups excluding tert-OH is 1. The van der Waals surface area contributed by atoms with Crippen LogP contribution in [-0.2, 0) is 20.9 Å². The van der Waals surface area contributed by atoms with Crippen molar-refractivity contribution in [3.63, 3.8) is 0 Å². The molecule has 1 N–H and O–H groups in total. The molecule has 0 aliphatic carbocycles. The molecule has 2 unspecified atom stereocenters. The van der Waals surface area contributed by atoms with E-state index in [0.29, 0.717) is 13.0 Å². The number of ether oxygens (including phenoxy) is 2. The summed E-state index contributed by atoms with van der Waals surface area (Å²) in [6, 6.07) is 10.3. The van der Waals surface area contributed by atoms with Crippen LogP contribution in [0.15, 0.2) is 36.4 Å². The monoisotopic (exact) mass is 423 g/mol.